The number of hydrogen-bond acceptors (Lipinski definition) is 4. The molecule has 0 saturated heterocycles. The van der Waals surface area contributed by atoms with Crippen molar-refractivity contribution in [1.29, 1.82) is 0 Å². The second-order valence-corrected chi connectivity index (χ2v) is 8.07. The zero-order chi connectivity index (χ0) is 20.3. The van der Waals surface area contributed by atoms with Gasteiger partial charge in [-0.3, -0.25) is 9.69 Å². The monoisotopic (exact) mass is 475 g/mol. The van der Waals surface area contributed by atoms with Crippen molar-refractivity contribution in [3.8, 4) is 0 Å². The molecule has 9 heteroatoms. The summed E-state index contributed by atoms with van der Waals surface area (Å²) in [7, 11) is 0. The molecular formula is C20H21Cl3FN3OS. The van der Waals surface area contributed by atoms with E-state index < -0.39 is 0 Å². The third kappa shape index (κ3) is 5.58. The standard InChI is InChI=1S/C20H20Cl2FN3OS.ClH/c1-3-25(4-2)9-10-26(19(27)15-7-5-13(21)11-16(15)22)20-24-17-8-6-14(23)12-18(17)28-20;/h5-8,11-12H,3-4,9-10H2,1-2H3;1H. The molecule has 3 aromatic rings. The van der Waals surface area contributed by atoms with Crippen LogP contribution in [-0.2, 0) is 0 Å². The van der Waals surface area contributed by atoms with E-state index in [0.717, 1.165) is 13.1 Å². The zero-order valence-electron chi connectivity index (χ0n) is 16.0. The van der Waals surface area contributed by atoms with Crippen LogP contribution in [0.4, 0.5) is 9.52 Å². The van der Waals surface area contributed by atoms with Gasteiger partial charge < -0.3 is 4.90 Å². The number of fused-ring (bicyclic) bond motifs is 1. The van der Waals surface area contributed by atoms with E-state index in [1.54, 1.807) is 29.2 Å². The van der Waals surface area contributed by atoms with E-state index in [0.29, 0.717) is 39.0 Å². The summed E-state index contributed by atoms with van der Waals surface area (Å²) < 4.78 is 14.3. The van der Waals surface area contributed by atoms with Crippen LogP contribution in [-0.4, -0.2) is 42.0 Å². The first kappa shape index (κ1) is 23.8. The Hall–Kier alpha value is -1.44. The molecule has 0 radical (unpaired) electrons. The lowest BCUT2D eigenvalue weighted by atomic mass is 10.2. The highest BCUT2D eigenvalue weighted by atomic mass is 35.5. The molecule has 0 aliphatic carbocycles. The van der Waals surface area contributed by atoms with Gasteiger partial charge in [0.25, 0.3) is 5.91 Å². The fourth-order valence-corrected chi connectivity index (χ4v) is 4.38. The van der Waals surface area contributed by atoms with Gasteiger partial charge in [-0.2, -0.15) is 0 Å². The number of aromatic nitrogens is 1. The van der Waals surface area contributed by atoms with E-state index in [-0.39, 0.29) is 29.2 Å². The van der Waals surface area contributed by atoms with Crippen LogP contribution in [0.15, 0.2) is 36.4 Å². The van der Waals surface area contributed by atoms with Gasteiger partial charge in [-0.15, -0.1) is 12.4 Å². The molecule has 1 aromatic heterocycles. The largest absolute Gasteiger partial charge is 0.302 e. The minimum Gasteiger partial charge on any atom is -0.302 e. The first-order chi connectivity index (χ1) is 13.4. The molecule has 0 N–H and O–H groups in total. The molecule has 0 saturated carbocycles. The Bertz CT molecular complexity index is 994. The molecule has 2 aromatic carbocycles. The number of hydrogen-bond donors (Lipinski definition) is 0. The van der Waals surface area contributed by atoms with Gasteiger partial charge in [0.2, 0.25) is 0 Å². The number of anilines is 1. The third-order valence-electron chi connectivity index (χ3n) is 4.51. The van der Waals surface area contributed by atoms with Crippen molar-refractivity contribution in [2.75, 3.05) is 31.1 Å². The van der Waals surface area contributed by atoms with Crippen molar-refractivity contribution in [2.45, 2.75) is 13.8 Å². The molecule has 0 fully saturated rings. The average molecular weight is 477 g/mol. The third-order valence-corrected chi connectivity index (χ3v) is 6.10. The normalized spacial score (nSPS) is 11.0. The fourth-order valence-electron chi connectivity index (χ4n) is 2.88. The second kappa shape index (κ2) is 10.5. The summed E-state index contributed by atoms with van der Waals surface area (Å²) in [6.45, 7) is 7.05. The Kier molecular flexibility index (Phi) is 8.67. The molecule has 3 rings (SSSR count). The zero-order valence-corrected chi connectivity index (χ0v) is 19.1. The van der Waals surface area contributed by atoms with Gasteiger partial charge in [0.1, 0.15) is 5.82 Å². The predicted molar refractivity (Wildman–Crippen MR) is 123 cm³/mol. The van der Waals surface area contributed by atoms with Gasteiger partial charge in [0.05, 0.1) is 20.8 Å². The number of thiazole rings is 1. The van der Waals surface area contributed by atoms with E-state index in [1.165, 1.54) is 23.5 Å². The summed E-state index contributed by atoms with van der Waals surface area (Å²) >= 11 is 13.5. The van der Waals surface area contributed by atoms with Crippen molar-refractivity contribution < 1.29 is 9.18 Å². The smallest absolute Gasteiger partial charge is 0.261 e. The Morgan fingerprint density at radius 1 is 1.10 bits per heavy atom. The van der Waals surface area contributed by atoms with Crippen LogP contribution in [0.3, 0.4) is 0 Å². The maximum Gasteiger partial charge on any atom is 0.261 e. The molecule has 156 valence electrons. The molecule has 0 aliphatic heterocycles. The van der Waals surface area contributed by atoms with E-state index >= 15 is 0 Å². The van der Waals surface area contributed by atoms with Gasteiger partial charge in [-0.1, -0.05) is 48.4 Å². The minimum absolute atomic E-state index is 0. The Morgan fingerprint density at radius 2 is 1.83 bits per heavy atom. The van der Waals surface area contributed by atoms with Crippen LogP contribution in [0, 0.1) is 5.82 Å². The number of carbonyl (C=O) groups is 1. The van der Waals surface area contributed by atoms with Crippen LogP contribution in [0.1, 0.15) is 24.2 Å². The molecule has 0 bridgehead atoms. The molecule has 4 nitrogen and oxygen atoms in total. The summed E-state index contributed by atoms with van der Waals surface area (Å²) in [6, 6.07) is 9.21. The molecule has 1 amide bonds. The van der Waals surface area contributed by atoms with Crippen molar-refractivity contribution in [1.82, 2.24) is 9.88 Å². The van der Waals surface area contributed by atoms with Crippen LogP contribution in [0.25, 0.3) is 10.2 Å². The van der Waals surface area contributed by atoms with E-state index in [2.05, 4.69) is 23.7 Å². The number of nitrogens with zero attached hydrogens (tertiary/aromatic N) is 3. The molecule has 0 unspecified atom stereocenters. The Morgan fingerprint density at radius 3 is 2.48 bits per heavy atom. The highest BCUT2D eigenvalue weighted by Gasteiger charge is 2.24. The van der Waals surface area contributed by atoms with E-state index in [4.69, 9.17) is 23.2 Å². The van der Waals surface area contributed by atoms with Gasteiger partial charge in [0.15, 0.2) is 5.13 Å². The SMILES string of the molecule is CCN(CC)CCN(C(=O)c1ccc(Cl)cc1Cl)c1nc2ccc(F)cc2s1.Cl. The quantitative estimate of drug-likeness (QED) is 0.410. The fraction of sp³-hybridized carbons (Fsp3) is 0.300. The highest BCUT2D eigenvalue weighted by molar-refractivity contribution is 7.22. The average Bonchev–Trinajstić information content (AvgIpc) is 3.07. The van der Waals surface area contributed by atoms with E-state index in [1.807, 2.05) is 0 Å². The lowest BCUT2D eigenvalue weighted by molar-refractivity contribution is 0.0984. The Balaban J connectivity index is 0.00000300. The molecule has 1 heterocycles. The highest BCUT2D eigenvalue weighted by Crippen LogP contribution is 2.31. The Labute approximate surface area is 189 Å². The van der Waals surface area contributed by atoms with Gasteiger partial charge >= 0.3 is 0 Å². The number of likely N-dealkylation sites (N-methyl/N-ethyl adjacent to an activating group) is 1. The lowest BCUT2D eigenvalue weighted by Gasteiger charge is -2.25. The van der Waals surface area contributed by atoms with Crippen molar-refractivity contribution in [3.63, 3.8) is 0 Å². The van der Waals surface area contributed by atoms with Crippen molar-refractivity contribution >= 4 is 68.2 Å². The number of amides is 1. The maximum absolute atomic E-state index is 13.6. The summed E-state index contributed by atoms with van der Waals surface area (Å²) in [5.41, 5.74) is 1.01. The minimum atomic E-state index is -0.329. The van der Waals surface area contributed by atoms with E-state index in [9.17, 15) is 9.18 Å². The lowest BCUT2D eigenvalue weighted by Crippen LogP contribution is -2.39. The number of rotatable bonds is 7. The molecular weight excluding hydrogens is 456 g/mol. The van der Waals surface area contributed by atoms with Crippen molar-refractivity contribution in [3.05, 3.63) is 57.8 Å². The van der Waals surface area contributed by atoms with Crippen LogP contribution in [0.5, 0.6) is 0 Å². The van der Waals surface area contributed by atoms with Crippen molar-refractivity contribution in [2.24, 2.45) is 0 Å². The van der Waals surface area contributed by atoms with Crippen LogP contribution >= 0.6 is 46.9 Å². The number of benzene rings is 2. The molecule has 0 atom stereocenters. The first-order valence-corrected chi connectivity index (χ1v) is 10.6. The summed E-state index contributed by atoms with van der Waals surface area (Å²) in [4.78, 5) is 21.7. The van der Waals surface area contributed by atoms with Gasteiger partial charge in [0, 0.05) is 18.1 Å². The topological polar surface area (TPSA) is 36.4 Å². The predicted octanol–water partition coefficient (Wildman–Crippen LogP) is 6.15. The number of halogens is 4. The van der Waals surface area contributed by atoms with Crippen LogP contribution in [0.2, 0.25) is 10.0 Å². The summed E-state index contributed by atoms with van der Waals surface area (Å²) in [6.07, 6.45) is 0. The van der Waals surface area contributed by atoms with Crippen LogP contribution < -0.4 is 4.90 Å². The number of carbonyl (C=O) groups excluding carboxylic acids is 1. The second-order valence-electron chi connectivity index (χ2n) is 6.22. The first-order valence-electron chi connectivity index (χ1n) is 8.98. The molecule has 29 heavy (non-hydrogen) atoms. The molecule has 0 aliphatic rings. The summed E-state index contributed by atoms with van der Waals surface area (Å²) in [5.74, 6) is -0.585. The molecule has 0 spiro atoms. The van der Waals surface area contributed by atoms with Gasteiger partial charge in [-0.25, -0.2) is 9.37 Å². The maximum atomic E-state index is 13.6. The van der Waals surface area contributed by atoms with Gasteiger partial charge in [-0.05, 0) is 49.5 Å². The summed E-state index contributed by atoms with van der Waals surface area (Å²) in [5, 5.41) is 1.27.